The summed E-state index contributed by atoms with van der Waals surface area (Å²) < 4.78 is 2.09. The topological polar surface area (TPSA) is 66.3 Å². The molecule has 1 N–H and O–H groups in total. The number of aromatic nitrogens is 3. The van der Waals surface area contributed by atoms with Gasteiger partial charge in [-0.25, -0.2) is 14.8 Å². The van der Waals surface area contributed by atoms with Gasteiger partial charge in [0.25, 0.3) is 0 Å². The van der Waals surface area contributed by atoms with E-state index in [9.17, 15) is 4.79 Å². The second-order valence-electron chi connectivity index (χ2n) is 6.22. The summed E-state index contributed by atoms with van der Waals surface area (Å²) in [5, 5.41) is 2.95. The number of amides is 2. The third kappa shape index (κ3) is 3.79. The molecule has 1 saturated heterocycles. The minimum atomic E-state index is 0.0458. The summed E-state index contributed by atoms with van der Waals surface area (Å²) in [6.07, 6.45) is 3.65. The standard InChI is InChI=1S/C16H24N6O/c1-13(2)19-16(23)21-9-6-20(7-10-21)8-11-22-12-18-14-4-3-5-17-15(14)22/h3-5,12-13H,6-11H2,1-2H3,(H,19,23). The number of imidazole rings is 1. The lowest BCUT2D eigenvalue weighted by molar-refractivity contribution is 0.135. The first-order valence-corrected chi connectivity index (χ1v) is 8.17. The SMILES string of the molecule is CC(C)NC(=O)N1CCN(CCn2cnc3cccnc32)CC1. The number of pyridine rings is 1. The van der Waals surface area contributed by atoms with Crippen LogP contribution in [0, 0.1) is 0 Å². The molecule has 0 aliphatic carbocycles. The largest absolute Gasteiger partial charge is 0.336 e. The quantitative estimate of drug-likeness (QED) is 0.919. The molecule has 0 bridgehead atoms. The van der Waals surface area contributed by atoms with Crippen molar-refractivity contribution in [2.75, 3.05) is 32.7 Å². The van der Waals surface area contributed by atoms with Gasteiger partial charge in [-0.2, -0.15) is 0 Å². The maximum atomic E-state index is 12.0. The van der Waals surface area contributed by atoms with Crippen molar-refractivity contribution >= 4 is 17.2 Å². The number of hydrogen-bond donors (Lipinski definition) is 1. The molecule has 7 nitrogen and oxygen atoms in total. The number of nitrogens with zero attached hydrogens (tertiary/aromatic N) is 5. The van der Waals surface area contributed by atoms with Crippen LogP contribution in [-0.2, 0) is 6.54 Å². The van der Waals surface area contributed by atoms with E-state index < -0.39 is 0 Å². The van der Waals surface area contributed by atoms with Crippen LogP contribution >= 0.6 is 0 Å². The van der Waals surface area contributed by atoms with Gasteiger partial charge in [0.05, 0.1) is 6.33 Å². The zero-order valence-electron chi connectivity index (χ0n) is 13.8. The van der Waals surface area contributed by atoms with Gasteiger partial charge in [-0.05, 0) is 26.0 Å². The zero-order chi connectivity index (χ0) is 16.2. The number of nitrogens with one attached hydrogen (secondary N) is 1. The van der Waals surface area contributed by atoms with Crippen molar-refractivity contribution in [1.82, 2.24) is 29.7 Å². The normalized spacial score (nSPS) is 16.2. The highest BCUT2D eigenvalue weighted by Crippen LogP contribution is 2.09. The molecule has 124 valence electrons. The number of fused-ring (bicyclic) bond motifs is 1. The summed E-state index contributed by atoms with van der Waals surface area (Å²) in [6, 6.07) is 4.11. The van der Waals surface area contributed by atoms with Crippen molar-refractivity contribution in [3.63, 3.8) is 0 Å². The molecule has 0 atom stereocenters. The first kappa shape index (κ1) is 15.7. The number of carbonyl (C=O) groups excluding carboxylic acids is 1. The lowest BCUT2D eigenvalue weighted by atomic mass is 10.3. The Morgan fingerprint density at radius 2 is 2.00 bits per heavy atom. The van der Waals surface area contributed by atoms with E-state index in [2.05, 4.69) is 24.8 Å². The zero-order valence-corrected chi connectivity index (χ0v) is 13.8. The molecule has 3 rings (SSSR count). The van der Waals surface area contributed by atoms with Crippen molar-refractivity contribution in [3.05, 3.63) is 24.7 Å². The smallest absolute Gasteiger partial charge is 0.317 e. The second kappa shape index (κ2) is 6.95. The van der Waals surface area contributed by atoms with Gasteiger partial charge in [0.1, 0.15) is 5.52 Å². The van der Waals surface area contributed by atoms with E-state index in [1.54, 1.807) is 6.20 Å². The molecule has 0 spiro atoms. The van der Waals surface area contributed by atoms with E-state index in [4.69, 9.17) is 0 Å². The molecule has 2 aromatic heterocycles. The number of urea groups is 1. The minimum absolute atomic E-state index is 0.0458. The van der Waals surface area contributed by atoms with Gasteiger partial charge < -0.3 is 14.8 Å². The highest BCUT2D eigenvalue weighted by atomic mass is 16.2. The molecular formula is C16H24N6O. The van der Waals surface area contributed by atoms with Gasteiger partial charge in [-0.15, -0.1) is 0 Å². The number of hydrogen-bond acceptors (Lipinski definition) is 4. The monoisotopic (exact) mass is 316 g/mol. The van der Waals surface area contributed by atoms with Gasteiger partial charge >= 0.3 is 6.03 Å². The van der Waals surface area contributed by atoms with Crippen molar-refractivity contribution < 1.29 is 4.79 Å². The molecule has 2 amide bonds. The Morgan fingerprint density at radius 1 is 1.22 bits per heavy atom. The Kier molecular flexibility index (Phi) is 4.76. The lowest BCUT2D eigenvalue weighted by Crippen LogP contribution is -2.53. The van der Waals surface area contributed by atoms with Crippen LogP contribution in [0.2, 0.25) is 0 Å². The number of rotatable bonds is 4. The fourth-order valence-electron chi connectivity index (χ4n) is 2.82. The van der Waals surface area contributed by atoms with E-state index in [1.165, 1.54) is 0 Å². The Morgan fingerprint density at radius 3 is 2.74 bits per heavy atom. The van der Waals surface area contributed by atoms with Crippen LogP contribution in [0.15, 0.2) is 24.7 Å². The van der Waals surface area contributed by atoms with Gasteiger partial charge in [0.2, 0.25) is 0 Å². The summed E-state index contributed by atoms with van der Waals surface area (Å²) in [7, 11) is 0. The molecule has 2 aromatic rings. The second-order valence-corrected chi connectivity index (χ2v) is 6.22. The van der Waals surface area contributed by atoms with Crippen LogP contribution in [0.4, 0.5) is 4.79 Å². The van der Waals surface area contributed by atoms with Gasteiger partial charge in [-0.1, -0.05) is 0 Å². The molecule has 7 heteroatoms. The van der Waals surface area contributed by atoms with Gasteiger partial charge in [0, 0.05) is 51.5 Å². The molecule has 1 aliphatic heterocycles. The molecule has 0 unspecified atom stereocenters. The maximum absolute atomic E-state index is 12.0. The molecule has 0 saturated carbocycles. The third-order valence-electron chi connectivity index (χ3n) is 4.10. The van der Waals surface area contributed by atoms with Crippen LogP contribution in [-0.4, -0.2) is 69.1 Å². The third-order valence-corrected chi connectivity index (χ3v) is 4.10. The van der Waals surface area contributed by atoms with Gasteiger partial charge in [-0.3, -0.25) is 4.90 Å². The first-order valence-electron chi connectivity index (χ1n) is 8.17. The molecule has 23 heavy (non-hydrogen) atoms. The fraction of sp³-hybridized carbons (Fsp3) is 0.562. The van der Waals surface area contributed by atoms with Crippen molar-refractivity contribution in [2.45, 2.75) is 26.4 Å². The van der Waals surface area contributed by atoms with Crippen LogP contribution < -0.4 is 5.32 Å². The number of carbonyl (C=O) groups is 1. The van der Waals surface area contributed by atoms with E-state index in [0.29, 0.717) is 0 Å². The number of piperazine rings is 1. The Balaban J connectivity index is 1.49. The summed E-state index contributed by atoms with van der Waals surface area (Å²) >= 11 is 0. The predicted molar refractivity (Wildman–Crippen MR) is 89.2 cm³/mol. The highest BCUT2D eigenvalue weighted by molar-refractivity contribution is 5.74. The van der Waals surface area contributed by atoms with E-state index in [-0.39, 0.29) is 12.1 Å². The molecule has 1 fully saturated rings. The molecule has 0 aromatic carbocycles. The molecule has 3 heterocycles. The average molecular weight is 316 g/mol. The van der Waals surface area contributed by atoms with E-state index in [1.807, 2.05) is 37.2 Å². The van der Waals surface area contributed by atoms with Crippen LogP contribution in [0.25, 0.3) is 11.2 Å². The van der Waals surface area contributed by atoms with E-state index in [0.717, 1.165) is 50.4 Å². The highest BCUT2D eigenvalue weighted by Gasteiger charge is 2.21. The predicted octanol–water partition coefficient (Wildman–Crippen LogP) is 1.17. The van der Waals surface area contributed by atoms with Crippen molar-refractivity contribution in [3.8, 4) is 0 Å². The molecule has 0 radical (unpaired) electrons. The minimum Gasteiger partial charge on any atom is -0.336 e. The Bertz CT molecular complexity index is 659. The summed E-state index contributed by atoms with van der Waals surface area (Å²) in [5.74, 6) is 0. The fourth-order valence-corrected chi connectivity index (χ4v) is 2.82. The first-order chi connectivity index (χ1) is 11.1. The molecular weight excluding hydrogens is 292 g/mol. The summed E-state index contributed by atoms with van der Waals surface area (Å²) in [4.78, 5) is 25.0. The van der Waals surface area contributed by atoms with Gasteiger partial charge in [0.15, 0.2) is 5.65 Å². The van der Waals surface area contributed by atoms with Crippen LogP contribution in [0.5, 0.6) is 0 Å². The van der Waals surface area contributed by atoms with Crippen molar-refractivity contribution in [2.24, 2.45) is 0 Å². The summed E-state index contributed by atoms with van der Waals surface area (Å²) in [5.41, 5.74) is 1.87. The van der Waals surface area contributed by atoms with Crippen LogP contribution in [0.3, 0.4) is 0 Å². The van der Waals surface area contributed by atoms with Crippen LogP contribution in [0.1, 0.15) is 13.8 Å². The summed E-state index contributed by atoms with van der Waals surface area (Å²) in [6.45, 7) is 9.16. The van der Waals surface area contributed by atoms with E-state index >= 15 is 0 Å². The Labute approximate surface area is 136 Å². The lowest BCUT2D eigenvalue weighted by Gasteiger charge is -2.35. The Hall–Kier alpha value is -2.15. The molecule has 1 aliphatic rings. The van der Waals surface area contributed by atoms with Crippen molar-refractivity contribution in [1.29, 1.82) is 0 Å². The average Bonchev–Trinajstić information content (AvgIpc) is 2.96. The maximum Gasteiger partial charge on any atom is 0.317 e.